The Kier molecular flexibility index (Phi) is 8.82. The summed E-state index contributed by atoms with van der Waals surface area (Å²) in [7, 11) is 1.75. The summed E-state index contributed by atoms with van der Waals surface area (Å²) in [5, 5.41) is 0. The fourth-order valence-corrected chi connectivity index (χ4v) is 13.6. The zero-order valence-electron chi connectivity index (χ0n) is 31.4. The van der Waals surface area contributed by atoms with E-state index < -0.39 is 0 Å². The van der Waals surface area contributed by atoms with Gasteiger partial charge in [-0.05, 0) is 116 Å². The van der Waals surface area contributed by atoms with Crippen LogP contribution in [0.15, 0.2) is 0 Å². The Morgan fingerprint density at radius 3 is 2.24 bits per heavy atom. The first-order valence-electron chi connectivity index (χ1n) is 20.2. The Bertz CT molecular complexity index is 1260. The smallest absolute Gasteiger partial charge is 0.410 e. The highest BCUT2D eigenvalue weighted by atomic mass is 16.6. The van der Waals surface area contributed by atoms with E-state index >= 15 is 0 Å². The Hall–Kier alpha value is -1.58. The minimum absolute atomic E-state index is 0.00510. The summed E-state index contributed by atoms with van der Waals surface area (Å²) in [5.41, 5.74) is 1.22. The van der Waals surface area contributed by atoms with Crippen molar-refractivity contribution < 1.29 is 28.5 Å². The van der Waals surface area contributed by atoms with Crippen LogP contribution in [0.25, 0.3) is 0 Å². The average Bonchev–Trinajstić information content (AvgIpc) is 3.62. The van der Waals surface area contributed by atoms with Gasteiger partial charge >= 0.3 is 12.2 Å². The maximum Gasteiger partial charge on any atom is 0.410 e. The molecular formula is C40H65N3O6. The highest BCUT2D eigenvalue weighted by Gasteiger charge is 2.81. The van der Waals surface area contributed by atoms with Crippen LogP contribution in [0, 0.1) is 51.2 Å². The third-order valence-corrected chi connectivity index (χ3v) is 16.4. The second-order valence-corrected chi connectivity index (χ2v) is 19.0. The van der Waals surface area contributed by atoms with Gasteiger partial charge in [0, 0.05) is 58.3 Å². The van der Waals surface area contributed by atoms with E-state index in [-0.39, 0.29) is 47.9 Å². The molecule has 276 valence electrons. The number of rotatable bonds is 7. The molecule has 9 nitrogen and oxygen atoms in total. The lowest BCUT2D eigenvalue weighted by Crippen LogP contribution is -2.56. The van der Waals surface area contributed by atoms with Gasteiger partial charge in [0.15, 0.2) is 0 Å². The molecule has 8 aliphatic rings. The molecule has 9 heteroatoms. The van der Waals surface area contributed by atoms with Gasteiger partial charge in [0.2, 0.25) is 0 Å². The fourth-order valence-electron chi connectivity index (χ4n) is 13.6. The normalized spacial score (nSPS) is 44.4. The molecule has 5 saturated carbocycles. The fraction of sp³-hybridized carbons (Fsp3) is 0.950. The molecular weight excluding hydrogens is 618 g/mol. The van der Waals surface area contributed by atoms with Crippen LogP contribution in [0.5, 0.6) is 0 Å². The van der Waals surface area contributed by atoms with Gasteiger partial charge < -0.3 is 28.7 Å². The van der Waals surface area contributed by atoms with Gasteiger partial charge in [-0.1, -0.05) is 34.6 Å². The van der Waals surface area contributed by atoms with Gasteiger partial charge in [-0.2, -0.15) is 0 Å². The molecule has 9 unspecified atom stereocenters. The zero-order valence-corrected chi connectivity index (χ0v) is 31.4. The summed E-state index contributed by atoms with van der Waals surface area (Å²) in [6.07, 6.45) is 13.2. The van der Waals surface area contributed by atoms with Crippen molar-refractivity contribution >= 4 is 12.2 Å². The minimum Gasteiger partial charge on any atom is -0.446 e. The summed E-state index contributed by atoms with van der Waals surface area (Å²) in [5.74, 6) is 2.98. The van der Waals surface area contributed by atoms with Crippen LogP contribution < -0.4 is 0 Å². The minimum atomic E-state index is -0.171. The molecule has 0 aromatic rings. The highest BCUT2D eigenvalue weighted by molar-refractivity contribution is 5.69. The molecule has 2 amide bonds. The molecule has 8 fully saturated rings. The molecule has 5 aliphatic carbocycles. The lowest BCUT2D eigenvalue weighted by Gasteiger charge is -2.59. The number of nitrogens with zero attached hydrogens (tertiary/aromatic N) is 3. The van der Waals surface area contributed by atoms with Crippen molar-refractivity contribution in [2.24, 2.45) is 51.2 Å². The summed E-state index contributed by atoms with van der Waals surface area (Å²) in [6.45, 7) is 18.4. The van der Waals surface area contributed by atoms with Crippen LogP contribution >= 0.6 is 0 Å². The van der Waals surface area contributed by atoms with E-state index in [4.69, 9.17) is 18.9 Å². The Labute approximate surface area is 295 Å². The van der Waals surface area contributed by atoms with Gasteiger partial charge in [0.25, 0.3) is 0 Å². The molecule has 0 radical (unpaired) electrons. The Balaban J connectivity index is 0.919. The van der Waals surface area contributed by atoms with Gasteiger partial charge in [0.05, 0.1) is 18.8 Å². The van der Waals surface area contributed by atoms with Crippen molar-refractivity contribution in [3.8, 4) is 0 Å². The van der Waals surface area contributed by atoms with E-state index in [1.807, 2.05) is 9.80 Å². The van der Waals surface area contributed by atoms with Crippen LogP contribution in [0.4, 0.5) is 9.59 Å². The van der Waals surface area contributed by atoms with Crippen molar-refractivity contribution in [2.75, 3.05) is 59.5 Å². The largest absolute Gasteiger partial charge is 0.446 e. The second-order valence-electron chi connectivity index (χ2n) is 19.0. The molecule has 3 heterocycles. The molecule has 49 heavy (non-hydrogen) atoms. The topological polar surface area (TPSA) is 80.8 Å². The molecule has 0 aromatic carbocycles. The first-order chi connectivity index (χ1) is 23.4. The van der Waals surface area contributed by atoms with Gasteiger partial charge in [-0.25, -0.2) is 9.59 Å². The molecule has 11 atom stereocenters. The predicted octanol–water partition coefficient (Wildman–Crippen LogP) is 6.83. The number of amides is 2. The second kappa shape index (κ2) is 12.5. The predicted molar refractivity (Wildman–Crippen MR) is 187 cm³/mol. The number of fused-ring (bicyclic) bond motifs is 4. The van der Waals surface area contributed by atoms with Crippen LogP contribution in [-0.2, 0) is 18.9 Å². The monoisotopic (exact) mass is 683 g/mol. The van der Waals surface area contributed by atoms with Crippen LogP contribution in [0.2, 0.25) is 0 Å². The van der Waals surface area contributed by atoms with Gasteiger partial charge in [0.1, 0.15) is 12.2 Å². The molecule has 3 saturated heterocycles. The SMILES string of the molecule is COCCN1CCN(C(=O)OC2CCC34C[C@]35CCC3(C)C6CCC([C@H](OC(=O)N7CCC7)C(C)C)OC6CC3C5CCC4C2(C)C)CC1. The van der Waals surface area contributed by atoms with Crippen molar-refractivity contribution in [2.45, 2.75) is 130 Å². The molecule has 2 spiro atoms. The summed E-state index contributed by atoms with van der Waals surface area (Å²) in [4.78, 5) is 32.4. The van der Waals surface area contributed by atoms with E-state index in [2.05, 4.69) is 39.5 Å². The van der Waals surface area contributed by atoms with Crippen molar-refractivity contribution in [3.63, 3.8) is 0 Å². The number of methoxy groups -OCH3 is 1. The van der Waals surface area contributed by atoms with Gasteiger partial charge in [-0.3, -0.25) is 4.90 Å². The zero-order chi connectivity index (χ0) is 34.3. The quantitative estimate of drug-likeness (QED) is 0.291. The molecule has 8 rings (SSSR count). The van der Waals surface area contributed by atoms with Crippen LogP contribution in [-0.4, -0.2) is 111 Å². The Morgan fingerprint density at radius 2 is 1.55 bits per heavy atom. The van der Waals surface area contributed by atoms with Crippen LogP contribution in [0.1, 0.15) is 105 Å². The van der Waals surface area contributed by atoms with Gasteiger partial charge in [-0.15, -0.1) is 0 Å². The number of carbonyl (C=O) groups is 2. The summed E-state index contributed by atoms with van der Waals surface area (Å²) < 4.78 is 24.9. The molecule has 0 aromatic heterocycles. The number of ether oxygens (including phenoxy) is 4. The summed E-state index contributed by atoms with van der Waals surface area (Å²) in [6, 6.07) is 0. The standard InChI is InChI=1S/C40H65N3O6/c1-26(2)34(49-36(45)42-16-7-17-42)30-10-8-28-31(47-30)24-29-27-9-11-32-37(3,4)33(12-13-40(32)25-39(27,40)15-14-38(28,29)5)48-35(44)43-20-18-41(19-21-43)22-23-46-6/h26-34H,7-25H2,1-6H3/t27?,28?,29?,30?,31?,32?,33?,34-,38?,39+,40?/m1/s1. The number of piperazine rings is 1. The molecule has 0 N–H and O–H groups in total. The Morgan fingerprint density at radius 1 is 0.816 bits per heavy atom. The molecule has 0 bridgehead atoms. The first kappa shape index (κ1) is 34.5. The van der Waals surface area contributed by atoms with E-state index in [0.717, 1.165) is 83.5 Å². The van der Waals surface area contributed by atoms with Crippen molar-refractivity contribution in [1.82, 2.24) is 14.7 Å². The highest BCUT2D eigenvalue weighted by Crippen LogP contribution is 2.87. The maximum atomic E-state index is 13.5. The van der Waals surface area contributed by atoms with E-state index in [1.54, 1.807) is 7.11 Å². The van der Waals surface area contributed by atoms with E-state index in [0.29, 0.717) is 28.1 Å². The number of hydrogen-bond acceptors (Lipinski definition) is 7. The first-order valence-corrected chi connectivity index (χ1v) is 20.2. The third-order valence-electron chi connectivity index (χ3n) is 16.4. The van der Waals surface area contributed by atoms with E-state index in [1.165, 1.54) is 51.4 Å². The lowest BCUT2D eigenvalue weighted by molar-refractivity contribution is -0.151. The van der Waals surface area contributed by atoms with Crippen molar-refractivity contribution in [1.29, 1.82) is 0 Å². The summed E-state index contributed by atoms with van der Waals surface area (Å²) >= 11 is 0. The number of carbonyl (C=O) groups excluding carboxylic acids is 2. The van der Waals surface area contributed by atoms with Crippen LogP contribution in [0.3, 0.4) is 0 Å². The lowest BCUT2D eigenvalue weighted by atomic mass is 9.46. The third kappa shape index (κ3) is 5.38. The number of likely N-dealkylation sites (tertiary alicyclic amines) is 1. The maximum absolute atomic E-state index is 13.5. The number of hydrogen-bond donors (Lipinski definition) is 0. The van der Waals surface area contributed by atoms with Crippen molar-refractivity contribution in [3.05, 3.63) is 0 Å². The van der Waals surface area contributed by atoms with E-state index in [9.17, 15) is 9.59 Å². The molecule has 3 aliphatic heterocycles. The average molecular weight is 684 g/mol.